The molecule has 0 spiro atoms. The van der Waals surface area contributed by atoms with Crippen LogP contribution in [0.15, 0.2) is 59.3 Å². The lowest BCUT2D eigenvalue weighted by Gasteiger charge is -2.36. The lowest BCUT2D eigenvalue weighted by Crippen LogP contribution is -2.47. The Kier molecular flexibility index (Phi) is 3.99. The third kappa shape index (κ3) is 3.08. The minimum absolute atomic E-state index is 1.01. The quantitative estimate of drug-likeness (QED) is 0.741. The van der Waals surface area contributed by atoms with Gasteiger partial charge in [-0.1, -0.05) is 18.2 Å². The number of furan rings is 1. The van der Waals surface area contributed by atoms with Crippen molar-refractivity contribution in [2.75, 3.05) is 37.6 Å². The summed E-state index contributed by atoms with van der Waals surface area (Å²) in [6.07, 6.45) is 4.67. The second-order valence-electron chi connectivity index (χ2n) is 6.02. The highest BCUT2D eigenvalue weighted by Gasteiger charge is 2.19. The predicted molar refractivity (Wildman–Crippen MR) is 92.8 cm³/mol. The van der Waals surface area contributed by atoms with Crippen LogP contribution in [0.1, 0.15) is 5.69 Å². The minimum atomic E-state index is 1.01. The standard InChI is InChI=1S/C19H21N3O/c1-2-9-20-17(5-1)7-10-21-11-13-22(14-12-21)18-6-3-4-16-8-15-23-19(16)18/h1-6,8-9,15H,7,10-14H2. The maximum absolute atomic E-state index is 5.67. The maximum atomic E-state index is 5.67. The first-order valence-corrected chi connectivity index (χ1v) is 8.23. The van der Waals surface area contributed by atoms with Crippen LogP contribution in [0.25, 0.3) is 11.0 Å². The summed E-state index contributed by atoms with van der Waals surface area (Å²) < 4.78 is 5.67. The summed E-state index contributed by atoms with van der Waals surface area (Å²) in [5.41, 5.74) is 3.40. The zero-order valence-corrected chi connectivity index (χ0v) is 13.2. The van der Waals surface area contributed by atoms with Gasteiger partial charge in [0.25, 0.3) is 0 Å². The Balaban J connectivity index is 1.37. The summed E-state index contributed by atoms with van der Waals surface area (Å²) >= 11 is 0. The lowest BCUT2D eigenvalue weighted by molar-refractivity contribution is 0.260. The average molecular weight is 307 g/mol. The Morgan fingerprint density at radius 1 is 0.957 bits per heavy atom. The van der Waals surface area contributed by atoms with Crippen molar-refractivity contribution in [3.05, 3.63) is 60.6 Å². The molecular weight excluding hydrogens is 286 g/mol. The molecule has 0 atom stereocenters. The highest BCUT2D eigenvalue weighted by molar-refractivity contribution is 5.89. The van der Waals surface area contributed by atoms with E-state index < -0.39 is 0 Å². The second-order valence-corrected chi connectivity index (χ2v) is 6.02. The van der Waals surface area contributed by atoms with Crippen LogP contribution in [0, 0.1) is 0 Å². The van der Waals surface area contributed by atoms with Gasteiger partial charge in [0.15, 0.2) is 5.58 Å². The fourth-order valence-corrected chi connectivity index (χ4v) is 3.26. The molecule has 0 N–H and O–H groups in total. The van der Waals surface area contributed by atoms with E-state index in [1.807, 2.05) is 18.3 Å². The highest BCUT2D eigenvalue weighted by Crippen LogP contribution is 2.28. The van der Waals surface area contributed by atoms with Gasteiger partial charge in [0.2, 0.25) is 0 Å². The van der Waals surface area contributed by atoms with Gasteiger partial charge in [0, 0.05) is 56.4 Å². The second kappa shape index (κ2) is 6.42. The third-order valence-electron chi connectivity index (χ3n) is 4.58. The van der Waals surface area contributed by atoms with E-state index in [1.54, 1.807) is 6.26 Å². The molecule has 1 aliphatic heterocycles. The number of piperazine rings is 1. The minimum Gasteiger partial charge on any atom is -0.462 e. The zero-order valence-electron chi connectivity index (χ0n) is 13.2. The number of benzene rings is 1. The van der Waals surface area contributed by atoms with Gasteiger partial charge in [-0.25, -0.2) is 0 Å². The largest absolute Gasteiger partial charge is 0.462 e. The van der Waals surface area contributed by atoms with Crippen molar-refractivity contribution in [1.82, 2.24) is 9.88 Å². The van der Waals surface area contributed by atoms with Crippen LogP contribution < -0.4 is 4.90 Å². The number of para-hydroxylation sites is 1. The van der Waals surface area contributed by atoms with Crippen LogP contribution in [-0.4, -0.2) is 42.6 Å². The first kappa shape index (κ1) is 14.3. The van der Waals surface area contributed by atoms with Gasteiger partial charge in [-0.3, -0.25) is 9.88 Å². The van der Waals surface area contributed by atoms with Crippen LogP contribution in [0.5, 0.6) is 0 Å². The number of hydrogen-bond donors (Lipinski definition) is 0. The normalized spacial score (nSPS) is 16.1. The summed E-state index contributed by atoms with van der Waals surface area (Å²) in [5.74, 6) is 0. The molecule has 0 aliphatic carbocycles. The predicted octanol–water partition coefficient (Wildman–Crippen LogP) is 3.19. The molecule has 1 saturated heterocycles. The monoisotopic (exact) mass is 307 g/mol. The lowest BCUT2D eigenvalue weighted by atomic mass is 10.2. The highest BCUT2D eigenvalue weighted by atomic mass is 16.3. The SMILES string of the molecule is c1ccc(CCN2CCN(c3cccc4ccoc34)CC2)nc1. The smallest absolute Gasteiger partial charge is 0.157 e. The molecule has 3 heterocycles. The molecule has 2 aromatic heterocycles. The Hall–Kier alpha value is -2.33. The van der Waals surface area contributed by atoms with Crippen LogP contribution in [0.2, 0.25) is 0 Å². The van der Waals surface area contributed by atoms with E-state index in [-0.39, 0.29) is 0 Å². The van der Waals surface area contributed by atoms with E-state index >= 15 is 0 Å². The molecule has 0 saturated carbocycles. The van der Waals surface area contributed by atoms with Crippen LogP contribution >= 0.6 is 0 Å². The van der Waals surface area contributed by atoms with E-state index in [9.17, 15) is 0 Å². The van der Waals surface area contributed by atoms with Crippen LogP contribution in [0.3, 0.4) is 0 Å². The van der Waals surface area contributed by atoms with Crippen molar-refractivity contribution in [2.24, 2.45) is 0 Å². The topological polar surface area (TPSA) is 32.5 Å². The van der Waals surface area contributed by atoms with E-state index in [0.29, 0.717) is 0 Å². The van der Waals surface area contributed by atoms with Crippen LogP contribution in [-0.2, 0) is 6.42 Å². The molecule has 4 heteroatoms. The number of aromatic nitrogens is 1. The van der Waals surface area contributed by atoms with Gasteiger partial charge < -0.3 is 9.32 Å². The Bertz CT molecular complexity index is 760. The summed E-state index contributed by atoms with van der Waals surface area (Å²) in [6.45, 7) is 5.34. The molecule has 23 heavy (non-hydrogen) atoms. The molecule has 118 valence electrons. The molecule has 1 aromatic carbocycles. The van der Waals surface area contributed by atoms with Crippen LogP contribution in [0.4, 0.5) is 5.69 Å². The summed E-state index contributed by atoms with van der Waals surface area (Å²) in [7, 11) is 0. The number of fused-ring (bicyclic) bond motifs is 1. The molecule has 4 nitrogen and oxygen atoms in total. The van der Waals surface area contributed by atoms with Gasteiger partial charge >= 0.3 is 0 Å². The molecule has 3 aromatic rings. The third-order valence-corrected chi connectivity index (χ3v) is 4.58. The van der Waals surface area contributed by atoms with Crippen molar-refractivity contribution in [2.45, 2.75) is 6.42 Å². The molecule has 1 aliphatic rings. The zero-order chi connectivity index (χ0) is 15.5. The number of anilines is 1. The molecule has 0 amide bonds. The van der Waals surface area contributed by atoms with E-state index in [2.05, 4.69) is 45.1 Å². The van der Waals surface area contributed by atoms with Gasteiger partial charge in [-0.15, -0.1) is 0 Å². The first-order chi connectivity index (χ1) is 11.4. The van der Waals surface area contributed by atoms with Crippen molar-refractivity contribution >= 4 is 16.7 Å². The Morgan fingerprint density at radius 3 is 2.70 bits per heavy atom. The molecule has 1 fully saturated rings. The number of pyridine rings is 1. The Morgan fingerprint density at radius 2 is 1.87 bits per heavy atom. The van der Waals surface area contributed by atoms with Crippen molar-refractivity contribution in [1.29, 1.82) is 0 Å². The average Bonchev–Trinajstić information content (AvgIpc) is 3.10. The fourth-order valence-electron chi connectivity index (χ4n) is 3.26. The fraction of sp³-hybridized carbons (Fsp3) is 0.316. The van der Waals surface area contributed by atoms with Gasteiger partial charge in [-0.2, -0.15) is 0 Å². The number of rotatable bonds is 4. The molecular formula is C19H21N3O. The molecule has 0 unspecified atom stereocenters. The van der Waals surface area contributed by atoms with E-state index in [0.717, 1.165) is 44.7 Å². The summed E-state index contributed by atoms with van der Waals surface area (Å²) in [6, 6.07) is 14.5. The molecule has 4 rings (SSSR count). The molecule has 0 radical (unpaired) electrons. The van der Waals surface area contributed by atoms with Gasteiger partial charge in [0.05, 0.1) is 12.0 Å². The summed E-state index contributed by atoms with van der Waals surface area (Å²) in [5, 5.41) is 1.18. The maximum Gasteiger partial charge on any atom is 0.157 e. The number of hydrogen-bond acceptors (Lipinski definition) is 4. The number of nitrogens with zero attached hydrogens (tertiary/aromatic N) is 3. The van der Waals surface area contributed by atoms with Crippen molar-refractivity contribution in [3.8, 4) is 0 Å². The first-order valence-electron chi connectivity index (χ1n) is 8.23. The Labute approximate surface area is 136 Å². The molecule has 0 bridgehead atoms. The van der Waals surface area contributed by atoms with E-state index in [4.69, 9.17) is 4.42 Å². The van der Waals surface area contributed by atoms with Gasteiger partial charge in [0.1, 0.15) is 0 Å². The van der Waals surface area contributed by atoms with Crippen molar-refractivity contribution < 1.29 is 4.42 Å². The van der Waals surface area contributed by atoms with Gasteiger partial charge in [-0.05, 0) is 24.3 Å². The van der Waals surface area contributed by atoms with E-state index in [1.165, 1.54) is 16.8 Å². The summed E-state index contributed by atoms with van der Waals surface area (Å²) in [4.78, 5) is 9.36. The van der Waals surface area contributed by atoms with Crippen molar-refractivity contribution in [3.63, 3.8) is 0 Å².